The number of hydrogen-bond acceptors (Lipinski definition) is 5. The Morgan fingerprint density at radius 1 is 1.16 bits per heavy atom. The largest absolute Gasteiger partial charge is 0.491 e. The van der Waals surface area contributed by atoms with Gasteiger partial charge in [-0.2, -0.15) is 13.2 Å². The number of rotatable bonds is 2. The Morgan fingerprint density at radius 3 is 2.71 bits per heavy atom. The van der Waals surface area contributed by atoms with Crippen LogP contribution in [-0.4, -0.2) is 29.4 Å². The van der Waals surface area contributed by atoms with Gasteiger partial charge in [-0.1, -0.05) is 6.07 Å². The minimum atomic E-state index is -4.45. The van der Waals surface area contributed by atoms with Gasteiger partial charge < -0.3 is 20.1 Å². The van der Waals surface area contributed by atoms with Gasteiger partial charge in [-0.3, -0.25) is 4.79 Å². The van der Waals surface area contributed by atoms with Gasteiger partial charge in [-0.25, -0.2) is 4.98 Å². The quantitative estimate of drug-likeness (QED) is 0.665. The summed E-state index contributed by atoms with van der Waals surface area (Å²) in [6.45, 7) is 0.878. The Morgan fingerprint density at radius 2 is 1.94 bits per heavy atom. The highest BCUT2D eigenvalue weighted by atomic mass is 19.4. The maximum atomic E-state index is 13.2. The zero-order valence-electron chi connectivity index (χ0n) is 16.5. The molecule has 2 N–H and O–H groups in total. The van der Waals surface area contributed by atoms with Crippen molar-refractivity contribution in [2.45, 2.75) is 25.4 Å². The van der Waals surface area contributed by atoms with Gasteiger partial charge in [-0.05, 0) is 35.9 Å². The van der Waals surface area contributed by atoms with Gasteiger partial charge >= 0.3 is 6.18 Å². The van der Waals surface area contributed by atoms with Crippen molar-refractivity contribution in [3.05, 3.63) is 64.2 Å². The summed E-state index contributed by atoms with van der Waals surface area (Å²) in [4.78, 5) is 19.1. The number of nitrogen functional groups attached to an aromatic ring is 1. The molecule has 6 nitrogen and oxygen atoms in total. The highest BCUT2D eigenvalue weighted by molar-refractivity contribution is 5.99. The number of carbonyl (C=O) groups is 1. The molecule has 9 heteroatoms. The SMILES string of the molecule is CN(C(=O)c1ccc2nc(N)c3c(c2c1)COC3)[C@@H]1COc2cc(C(F)(F)F)ccc21. The van der Waals surface area contributed by atoms with Crippen LogP contribution < -0.4 is 10.5 Å². The van der Waals surface area contributed by atoms with Crippen molar-refractivity contribution in [2.75, 3.05) is 19.4 Å². The van der Waals surface area contributed by atoms with E-state index in [1.165, 1.54) is 11.0 Å². The lowest BCUT2D eigenvalue weighted by molar-refractivity contribution is -0.137. The lowest BCUT2D eigenvalue weighted by Crippen LogP contribution is -2.32. The molecule has 0 bridgehead atoms. The molecule has 31 heavy (non-hydrogen) atoms. The molecule has 2 aliphatic heterocycles. The molecule has 0 fully saturated rings. The van der Waals surface area contributed by atoms with Crippen LogP contribution in [0.3, 0.4) is 0 Å². The van der Waals surface area contributed by atoms with Crippen molar-refractivity contribution in [3.8, 4) is 5.75 Å². The molecule has 0 radical (unpaired) electrons. The third kappa shape index (κ3) is 3.16. The zero-order chi connectivity index (χ0) is 21.9. The van der Waals surface area contributed by atoms with Crippen molar-refractivity contribution in [1.29, 1.82) is 0 Å². The molecule has 3 aromatic rings. The van der Waals surface area contributed by atoms with Crippen molar-refractivity contribution < 1.29 is 27.4 Å². The smallest absolute Gasteiger partial charge is 0.416 e. The summed E-state index contributed by atoms with van der Waals surface area (Å²) >= 11 is 0. The van der Waals surface area contributed by atoms with Crippen molar-refractivity contribution >= 4 is 22.6 Å². The van der Waals surface area contributed by atoms with E-state index >= 15 is 0 Å². The van der Waals surface area contributed by atoms with E-state index in [4.69, 9.17) is 15.2 Å². The molecule has 3 heterocycles. The van der Waals surface area contributed by atoms with Crippen LogP contribution >= 0.6 is 0 Å². The number of aromatic nitrogens is 1. The maximum absolute atomic E-state index is 13.2. The van der Waals surface area contributed by atoms with Crippen LogP contribution in [0.4, 0.5) is 19.0 Å². The Labute approximate surface area is 175 Å². The molecule has 0 unspecified atom stereocenters. The molecule has 0 saturated carbocycles. The van der Waals surface area contributed by atoms with Gasteiger partial charge in [0.05, 0.1) is 30.3 Å². The Balaban J connectivity index is 1.47. The molecule has 2 aromatic carbocycles. The number of alkyl halides is 3. The van der Waals surface area contributed by atoms with Crippen LogP contribution in [0.1, 0.15) is 38.7 Å². The van der Waals surface area contributed by atoms with E-state index in [9.17, 15) is 18.0 Å². The average Bonchev–Trinajstić information content (AvgIpc) is 3.39. The summed E-state index contributed by atoms with van der Waals surface area (Å²) in [6, 6.07) is 8.03. The number of benzene rings is 2. The number of fused-ring (bicyclic) bond motifs is 4. The first kappa shape index (κ1) is 19.6. The highest BCUT2D eigenvalue weighted by Gasteiger charge is 2.36. The molecule has 2 aliphatic rings. The maximum Gasteiger partial charge on any atom is 0.416 e. The van der Waals surface area contributed by atoms with Gasteiger partial charge in [0, 0.05) is 29.1 Å². The number of amides is 1. The third-order valence-electron chi connectivity index (χ3n) is 5.86. The fraction of sp³-hybridized carbons (Fsp3) is 0.273. The van der Waals surface area contributed by atoms with Crippen molar-refractivity contribution in [2.24, 2.45) is 0 Å². The average molecular weight is 429 g/mol. The molecule has 5 rings (SSSR count). The van der Waals surface area contributed by atoms with E-state index < -0.39 is 17.8 Å². The van der Waals surface area contributed by atoms with E-state index in [1.54, 1.807) is 25.2 Å². The van der Waals surface area contributed by atoms with Crippen LogP contribution in [0, 0.1) is 0 Å². The summed E-state index contributed by atoms with van der Waals surface area (Å²) in [5.41, 5.74) is 8.65. The normalized spacial score (nSPS) is 17.4. The molecule has 0 saturated heterocycles. The first-order chi connectivity index (χ1) is 14.7. The number of carbonyl (C=O) groups excluding carboxylic acids is 1. The minimum absolute atomic E-state index is 0.0911. The van der Waals surface area contributed by atoms with Crippen LogP contribution in [0.5, 0.6) is 5.75 Å². The van der Waals surface area contributed by atoms with Gasteiger partial charge in [0.2, 0.25) is 0 Å². The fourth-order valence-corrected chi connectivity index (χ4v) is 4.14. The van der Waals surface area contributed by atoms with Crippen molar-refractivity contribution in [3.63, 3.8) is 0 Å². The predicted molar refractivity (Wildman–Crippen MR) is 106 cm³/mol. The Hall–Kier alpha value is -3.33. The van der Waals surface area contributed by atoms with Gasteiger partial charge in [-0.15, -0.1) is 0 Å². The Kier molecular flexibility index (Phi) is 4.33. The third-order valence-corrected chi connectivity index (χ3v) is 5.86. The molecule has 0 aliphatic carbocycles. The summed E-state index contributed by atoms with van der Waals surface area (Å²) in [5, 5.41) is 0.804. The second-order valence-electron chi connectivity index (χ2n) is 7.67. The highest BCUT2D eigenvalue weighted by Crippen LogP contribution is 2.40. The molecule has 1 amide bonds. The number of pyridine rings is 1. The lowest BCUT2D eigenvalue weighted by Gasteiger charge is -2.24. The standard InChI is InChI=1S/C22H18F3N3O3/c1-28(18-10-31-19-7-12(22(23,24)25)3-4-13(18)19)21(29)11-2-5-17-14(6-11)15-8-30-9-16(15)20(26)27-17/h2-7,18H,8-10H2,1H3,(H2,26,27)/t18-/m1/s1. The van der Waals surface area contributed by atoms with E-state index in [0.29, 0.717) is 35.7 Å². The molecule has 0 spiro atoms. The van der Waals surface area contributed by atoms with Gasteiger partial charge in [0.25, 0.3) is 5.91 Å². The summed E-state index contributed by atoms with van der Waals surface area (Å²) in [5.74, 6) is 0.300. The topological polar surface area (TPSA) is 77.7 Å². The van der Waals surface area contributed by atoms with Crippen LogP contribution in [0.25, 0.3) is 10.9 Å². The number of halogens is 3. The van der Waals surface area contributed by atoms with E-state index in [2.05, 4.69) is 4.98 Å². The van der Waals surface area contributed by atoms with E-state index in [-0.39, 0.29) is 18.3 Å². The number of likely N-dealkylation sites (N-methyl/N-ethyl adjacent to an activating group) is 1. The molecular weight excluding hydrogens is 411 g/mol. The second kappa shape index (κ2) is 6.84. The van der Waals surface area contributed by atoms with E-state index in [0.717, 1.165) is 28.6 Å². The summed E-state index contributed by atoms with van der Waals surface area (Å²) < 4.78 is 49.9. The lowest BCUT2D eigenvalue weighted by atomic mass is 10.0. The Bertz CT molecular complexity index is 1230. The molecule has 160 valence electrons. The van der Waals surface area contributed by atoms with E-state index in [1.807, 2.05) is 0 Å². The number of nitrogens with two attached hydrogens (primary N) is 1. The molecule has 1 aromatic heterocycles. The molecule has 1 atom stereocenters. The van der Waals surface area contributed by atoms with Crippen LogP contribution in [0.2, 0.25) is 0 Å². The number of ether oxygens (including phenoxy) is 2. The first-order valence-corrected chi connectivity index (χ1v) is 9.64. The first-order valence-electron chi connectivity index (χ1n) is 9.64. The van der Waals surface area contributed by atoms with Gasteiger partial charge in [0.15, 0.2) is 0 Å². The second-order valence-corrected chi connectivity index (χ2v) is 7.67. The number of nitrogens with zero attached hydrogens (tertiary/aromatic N) is 2. The number of hydrogen-bond donors (Lipinski definition) is 1. The van der Waals surface area contributed by atoms with Gasteiger partial charge in [0.1, 0.15) is 18.2 Å². The fourth-order valence-electron chi connectivity index (χ4n) is 4.14. The monoisotopic (exact) mass is 429 g/mol. The number of anilines is 1. The summed E-state index contributed by atoms with van der Waals surface area (Å²) in [7, 11) is 1.61. The minimum Gasteiger partial charge on any atom is -0.491 e. The van der Waals surface area contributed by atoms with Crippen LogP contribution in [-0.2, 0) is 24.1 Å². The van der Waals surface area contributed by atoms with Crippen molar-refractivity contribution in [1.82, 2.24) is 9.88 Å². The predicted octanol–water partition coefficient (Wildman–Crippen LogP) is 4.07. The van der Waals surface area contributed by atoms with Crippen LogP contribution in [0.15, 0.2) is 36.4 Å². The molecular formula is C22H18F3N3O3. The summed E-state index contributed by atoms with van der Waals surface area (Å²) in [6.07, 6.45) is -4.45. The zero-order valence-corrected chi connectivity index (χ0v) is 16.5.